The van der Waals surface area contributed by atoms with Gasteiger partial charge < -0.3 is 14.4 Å². The first-order valence-electron chi connectivity index (χ1n) is 8.39. The fourth-order valence-electron chi connectivity index (χ4n) is 3.40. The van der Waals surface area contributed by atoms with E-state index in [0.29, 0.717) is 17.9 Å². The number of halogens is 1. The van der Waals surface area contributed by atoms with Crippen molar-refractivity contribution in [2.24, 2.45) is 0 Å². The van der Waals surface area contributed by atoms with Crippen LogP contribution in [0.2, 0.25) is 5.02 Å². The number of carbonyl (C=O) groups is 1. The SMILES string of the molecule is COc1ccc(CC(=O)N2CCC[C@@H]2c2ccccc2Cl)cc1OC. The van der Waals surface area contributed by atoms with E-state index in [9.17, 15) is 4.79 Å². The zero-order valence-corrected chi connectivity index (χ0v) is 15.3. The van der Waals surface area contributed by atoms with Crippen molar-refractivity contribution in [3.05, 3.63) is 58.6 Å². The number of likely N-dealkylation sites (tertiary alicyclic amines) is 1. The first kappa shape index (κ1) is 17.6. The zero-order chi connectivity index (χ0) is 17.8. The number of rotatable bonds is 5. The number of ether oxygens (including phenoxy) is 2. The Kier molecular flexibility index (Phi) is 5.49. The molecule has 1 fully saturated rings. The Morgan fingerprint density at radius 1 is 1.16 bits per heavy atom. The molecule has 2 aromatic carbocycles. The summed E-state index contributed by atoms with van der Waals surface area (Å²) < 4.78 is 10.6. The summed E-state index contributed by atoms with van der Waals surface area (Å²) in [6, 6.07) is 13.4. The predicted octanol–water partition coefficient (Wildman–Crippen LogP) is 4.26. The third kappa shape index (κ3) is 3.74. The molecule has 1 atom stereocenters. The van der Waals surface area contributed by atoms with Crippen LogP contribution in [0, 0.1) is 0 Å². The summed E-state index contributed by atoms with van der Waals surface area (Å²) in [4.78, 5) is 14.8. The molecule has 3 rings (SSSR count). The Balaban J connectivity index is 1.77. The summed E-state index contributed by atoms with van der Waals surface area (Å²) in [6.07, 6.45) is 2.27. The molecule has 25 heavy (non-hydrogen) atoms. The van der Waals surface area contributed by atoms with Gasteiger partial charge in [-0.2, -0.15) is 0 Å². The maximum atomic E-state index is 12.9. The second kappa shape index (κ2) is 7.79. The van der Waals surface area contributed by atoms with Crippen LogP contribution in [-0.4, -0.2) is 31.6 Å². The van der Waals surface area contributed by atoms with Gasteiger partial charge >= 0.3 is 0 Å². The van der Waals surface area contributed by atoms with Crippen LogP contribution in [0.3, 0.4) is 0 Å². The van der Waals surface area contributed by atoms with Gasteiger partial charge in [-0.3, -0.25) is 4.79 Å². The van der Waals surface area contributed by atoms with Crippen LogP contribution >= 0.6 is 11.6 Å². The molecule has 0 aliphatic carbocycles. The van der Waals surface area contributed by atoms with Gasteiger partial charge in [-0.1, -0.05) is 35.9 Å². The topological polar surface area (TPSA) is 38.8 Å². The minimum Gasteiger partial charge on any atom is -0.493 e. The summed E-state index contributed by atoms with van der Waals surface area (Å²) in [5.74, 6) is 1.40. The average Bonchev–Trinajstić information content (AvgIpc) is 3.11. The monoisotopic (exact) mass is 359 g/mol. The Morgan fingerprint density at radius 2 is 1.92 bits per heavy atom. The second-order valence-corrected chi connectivity index (χ2v) is 6.54. The lowest BCUT2D eigenvalue weighted by Crippen LogP contribution is -2.32. The van der Waals surface area contributed by atoms with E-state index in [1.165, 1.54) is 0 Å². The highest BCUT2D eigenvalue weighted by Crippen LogP contribution is 2.36. The Labute approximate surface area is 153 Å². The molecule has 1 aliphatic rings. The van der Waals surface area contributed by atoms with Crippen LogP contribution in [0.4, 0.5) is 0 Å². The smallest absolute Gasteiger partial charge is 0.227 e. The van der Waals surface area contributed by atoms with Crippen LogP contribution in [0.1, 0.15) is 30.0 Å². The van der Waals surface area contributed by atoms with Gasteiger partial charge in [0.1, 0.15) is 0 Å². The standard InChI is InChI=1S/C20H22ClNO3/c1-24-18-10-9-14(12-19(18)25-2)13-20(23)22-11-5-8-17(22)15-6-3-4-7-16(15)21/h3-4,6-7,9-10,12,17H,5,8,11,13H2,1-2H3/t17-/m1/s1. The number of hydrogen-bond acceptors (Lipinski definition) is 3. The molecular formula is C20H22ClNO3. The van der Waals surface area contributed by atoms with Crippen molar-refractivity contribution in [3.8, 4) is 11.5 Å². The Bertz CT molecular complexity index is 762. The lowest BCUT2D eigenvalue weighted by Gasteiger charge is -2.26. The molecule has 5 heteroatoms. The molecule has 0 saturated carbocycles. The quantitative estimate of drug-likeness (QED) is 0.800. The third-order valence-corrected chi connectivity index (χ3v) is 4.98. The minimum absolute atomic E-state index is 0.0568. The van der Waals surface area contributed by atoms with Gasteiger partial charge in [0.2, 0.25) is 5.91 Å². The lowest BCUT2D eigenvalue weighted by molar-refractivity contribution is -0.131. The van der Waals surface area contributed by atoms with Crippen molar-refractivity contribution >= 4 is 17.5 Å². The maximum Gasteiger partial charge on any atom is 0.227 e. The molecule has 4 nitrogen and oxygen atoms in total. The van der Waals surface area contributed by atoms with Gasteiger partial charge in [-0.05, 0) is 42.2 Å². The van der Waals surface area contributed by atoms with Crippen molar-refractivity contribution in [3.63, 3.8) is 0 Å². The fraction of sp³-hybridized carbons (Fsp3) is 0.350. The summed E-state index contributed by atoms with van der Waals surface area (Å²) in [5.41, 5.74) is 1.94. The summed E-state index contributed by atoms with van der Waals surface area (Å²) >= 11 is 6.34. The normalized spacial score (nSPS) is 16.8. The van der Waals surface area contributed by atoms with E-state index in [4.69, 9.17) is 21.1 Å². The molecule has 0 aromatic heterocycles. The number of amides is 1. The molecule has 1 aliphatic heterocycles. The molecule has 2 aromatic rings. The molecule has 132 valence electrons. The van der Waals surface area contributed by atoms with Crippen molar-refractivity contribution in [2.45, 2.75) is 25.3 Å². The summed E-state index contributed by atoms with van der Waals surface area (Å²) in [5, 5.41) is 0.721. The molecular weight excluding hydrogens is 338 g/mol. The van der Waals surface area contributed by atoms with Gasteiger partial charge in [-0.25, -0.2) is 0 Å². The van der Waals surface area contributed by atoms with Gasteiger partial charge in [0, 0.05) is 11.6 Å². The fourth-order valence-corrected chi connectivity index (χ4v) is 3.66. The minimum atomic E-state index is 0.0568. The maximum absolute atomic E-state index is 12.9. The molecule has 1 saturated heterocycles. The van der Waals surface area contributed by atoms with Crippen LogP contribution in [0.15, 0.2) is 42.5 Å². The molecule has 1 heterocycles. The van der Waals surface area contributed by atoms with Gasteiger partial charge in [0.15, 0.2) is 11.5 Å². The molecule has 0 radical (unpaired) electrons. The third-order valence-electron chi connectivity index (χ3n) is 4.64. The summed E-state index contributed by atoms with van der Waals surface area (Å²) in [6.45, 7) is 0.766. The Morgan fingerprint density at radius 3 is 2.64 bits per heavy atom. The average molecular weight is 360 g/mol. The molecule has 0 spiro atoms. The van der Waals surface area contributed by atoms with Crippen LogP contribution in [0.25, 0.3) is 0 Å². The Hall–Kier alpha value is -2.20. The van der Waals surface area contributed by atoms with Crippen LogP contribution in [-0.2, 0) is 11.2 Å². The van der Waals surface area contributed by atoms with Crippen LogP contribution < -0.4 is 9.47 Å². The first-order valence-corrected chi connectivity index (χ1v) is 8.76. The molecule has 1 amide bonds. The van der Waals surface area contributed by atoms with Crippen molar-refractivity contribution in [2.75, 3.05) is 20.8 Å². The van der Waals surface area contributed by atoms with Gasteiger partial charge in [0.05, 0.1) is 26.7 Å². The number of nitrogens with zero attached hydrogens (tertiary/aromatic N) is 1. The highest BCUT2D eigenvalue weighted by atomic mass is 35.5. The first-order chi connectivity index (χ1) is 12.1. The van der Waals surface area contributed by atoms with Crippen molar-refractivity contribution in [1.82, 2.24) is 4.90 Å². The predicted molar refractivity (Wildman–Crippen MR) is 98.4 cm³/mol. The zero-order valence-electron chi connectivity index (χ0n) is 14.5. The van der Waals surface area contributed by atoms with E-state index in [2.05, 4.69) is 0 Å². The van der Waals surface area contributed by atoms with Crippen molar-refractivity contribution in [1.29, 1.82) is 0 Å². The van der Waals surface area contributed by atoms with E-state index < -0.39 is 0 Å². The van der Waals surface area contributed by atoms with Crippen LogP contribution in [0.5, 0.6) is 11.5 Å². The highest BCUT2D eigenvalue weighted by Gasteiger charge is 2.31. The van der Waals surface area contributed by atoms with E-state index in [1.807, 2.05) is 47.4 Å². The van der Waals surface area contributed by atoms with E-state index in [-0.39, 0.29) is 11.9 Å². The number of methoxy groups -OCH3 is 2. The molecule has 0 bridgehead atoms. The van der Waals surface area contributed by atoms with Gasteiger partial charge in [0.25, 0.3) is 0 Å². The lowest BCUT2D eigenvalue weighted by atomic mass is 10.0. The highest BCUT2D eigenvalue weighted by molar-refractivity contribution is 6.31. The van der Waals surface area contributed by atoms with Gasteiger partial charge in [-0.15, -0.1) is 0 Å². The number of benzene rings is 2. The number of hydrogen-bond donors (Lipinski definition) is 0. The largest absolute Gasteiger partial charge is 0.493 e. The van der Waals surface area contributed by atoms with E-state index in [1.54, 1.807) is 14.2 Å². The summed E-state index contributed by atoms with van der Waals surface area (Å²) in [7, 11) is 3.19. The second-order valence-electron chi connectivity index (χ2n) is 6.13. The van der Waals surface area contributed by atoms with Crippen molar-refractivity contribution < 1.29 is 14.3 Å². The van der Waals surface area contributed by atoms with E-state index in [0.717, 1.165) is 35.5 Å². The molecule has 0 N–H and O–H groups in total. The number of carbonyl (C=O) groups excluding carboxylic acids is 1. The van der Waals surface area contributed by atoms with E-state index >= 15 is 0 Å². The molecule has 0 unspecified atom stereocenters.